The molecule has 40 heavy (non-hydrogen) atoms. The Morgan fingerprint density at radius 1 is 0.975 bits per heavy atom. The molecule has 1 aliphatic heterocycles. The van der Waals surface area contributed by atoms with Crippen LogP contribution in [0.2, 0.25) is 0 Å². The Morgan fingerprint density at radius 3 is 2.20 bits per heavy atom. The normalized spacial score (nSPS) is 18.5. The first-order chi connectivity index (χ1) is 19.0. The van der Waals surface area contributed by atoms with Crippen LogP contribution in [0.3, 0.4) is 0 Å². The van der Waals surface area contributed by atoms with Gasteiger partial charge in [0.15, 0.2) is 0 Å². The molecule has 0 spiro atoms. The number of nitrogens with one attached hydrogen (secondary N) is 1. The van der Waals surface area contributed by atoms with Gasteiger partial charge in [-0.2, -0.15) is 13.2 Å². The van der Waals surface area contributed by atoms with Crippen LogP contribution in [0.1, 0.15) is 52.7 Å². The number of piperidine rings is 1. The van der Waals surface area contributed by atoms with Gasteiger partial charge in [0.2, 0.25) is 0 Å². The van der Waals surface area contributed by atoms with Gasteiger partial charge in [0, 0.05) is 53.5 Å². The van der Waals surface area contributed by atoms with Gasteiger partial charge in [-0.15, -0.1) is 0 Å². The first-order valence-electron chi connectivity index (χ1n) is 13.5. The number of likely N-dealkylation sites (N-methyl/N-ethyl adjacent to an activating group) is 1. The lowest BCUT2D eigenvalue weighted by Gasteiger charge is -2.42. The lowest BCUT2D eigenvalue weighted by Crippen LogP contribution is -2.47. The van der Waals surface area contributed by atoms with Crippen molar-refractivity contribution in [1.29, 1.82) is 0 Å². The van der Waals surface area contributed by atoms with Gasteiger partial charge in [-0.1, -0.05) is 31.2 Å². The molecule has 0 aromatic heterocycles. The number of carbonyl (C=O) groups excluding carboxylic acids is 1. The van der Waals surface area contributed by atoms with Gasteiger partial charge in [-0.25, -0.2) is 0 Å². The molecule has 0 radical (unpaired) electrons. The molecule has 3 atom stereocenters. The van der Waals surface area contributed by atoms with E-state index in [1.807, 2.05) is 69.6 Å². The van der Waals surface area contributed by atoms with Crippen LogP contribution in [0.4, 0.5) is 18.9 Å². The molecule has 3 aromatic carbocycles. The number of nitrogens with zero attached hydrogens (tertiary/aromatic N) is 2. The summed E-state index contributed by atoms with van der Waals surface area (Å²) in [5, 5.41) is 2.94. The zero-order valence-electron chi connectivity index (χ0n) is 23.1. The highest BCUT2D eigenvalue weighted by molar-refractivity contribution is 7.85. The average Bonchev–Trinajstić information content (AvgIpc) is 2.95. The van der Waals surface area contributed by atoms with E-state index in [2.05, 4.69) is 15.1 Å². The fraction of sp³-hybridized carbons (Fsp3) is 0.387. The summed E-state index contributed by atoms with van der Waals surface area (Å²) in [6.07, 6.45) is -2.53. The maximum Gasteiger partial charge on any atom is 0.416 e. The fourth-order valence-corrected chi connectivity index (χ4v) is 5.96. The Balaban J connectivity index is 1.43. The summed E-state index contributed by atoms with van der Waals surface area (Å²) in [6.45, 7) is 3.78. The highest BCUT2D eigenvalue weighted by Gasteiger charge is 2.32. The van der Waals surface area contributed by atoms with Crippen LogP contribution >= 0.6 is 0 Å². The largest absolute Gasteiger partial charge is 0.416 e. The SMILES string of the molecule is CCS(=O)c1ccc(CNC(=O)c2ccc(N3CC(c4ccc(C(F)(F)F)cc4)CC[C@H]3CN(C)C)cc2)cc1. The van der Waals surface area contributed by atoms with Crippen molar-refractivity contribution < 1.29 is 22.2 Å². The zero-order valence-corrected chi connectivity index (χ0v) is 23.9. The van der Waals surface area contributed by atoms with Crippen molar-refractivity contribution in [2.75, 3.05) is 37.8 Å². The molecule has 1 N–H and O–H groups in total. The predicted molar refractivity (Wildman–Crippen MR) is 154 cm³/mol. The third-order valence-corrected chi connectivity index (χ3v) is 8.68. The quantitative estimate of drug-likeness (QED) is 0.339. The molecule has 4 rings (SSSR count). The predicted octanol–water partition coefficient (Wildman–Crippen LogP) is 6.08. The van der Waals surface area contributed by atoms with Crippen molar-refractivity contribution in [1.82, 2.24) is 10.2 Å². The number of carbonyl (C=O) groups is 1. The molecule has 0 bridgehead atoms. The Kier molecular flexibility index (Phi) is 9.68. The standard InChI is InChI=1S/C31H36F3N3O2S/c1-4-40(39)29-17-5-22(6-18-29)19-35-30(38)24-9-14-27(15-10-24)37-20-25(11-16-28(37)21-36(2)3)23-7-12-26(13-8-23)31(32,33)34/h5-10,12-15,17-18,25,28H,4,11,16,19-21H2,1-3H3,(H,35,38)/t25?,28-,40?/m0/s1. The highest BCUT2D eigenvalue weighted by atomic mass is 32.2. The molecule has 1 amide bonds. The molecule has 3 aromatic rings. The summed E-state index contributed by atoms with van der Waals surface area (Å²) >= 11 is 0. The number of amides is 1. The molecule has 1 heterocycles. The molecule has 2 unspecified atom stereocenters. The fourth-order valence-electron chi connectivity index (χ4n) is 5.19. The molecule has 0 aliphatic carbocycles. The van der Waals surface area contributed by atoms with Crippen molar-refractivity contribution in [3.63, 3.8) is 0 Å². The molecule has 1 saturated heterocycles. The monoisotopic (exact) mass is 571 g/mol. The molecule has 0 saturated carbocycles. The first kappa shape index (κ1) is 29.8. The van der Waals surface area contributed by atoms with Crippen LogP contribution in [-0.4, -0.2) is 54.0 Å². The lowest BCUT2D eigenvalue weighted by atomic mass is 9.86. The molecule has 1 fully saturated rings. The van der Waals surface area contributed by atoms with Gasteiger partial charge in [0.1, 0.15) is 0 Å². The number of rotatable bonds is 9. The van der Waals surface area contributed by atoms with E-state index in [9.17, 15) is 22.2 Å². The van der Waals surface area contributed by atoms with Crippen molar-refractivity contribution in [2.24, 2.45) is 0 Å². The third kappa shape index (κ3) is 7.52. The first-order valence-corrected chi connectivity index (χ1v) is 14.8. The van der Waals surface area contributed by atoms with E-state index in [0.717, 1.165) is 41.1 Å². The summed E-state index contributed by atoms with van der Waals surface area (Å²) < 4.78 is 51.1. The van der Waals surface area contributed by atoms with Gasteiger partial charge in [0.05, 0.1) is 16.4 Å². The molecular formula is C31H36F3N3O2S. The highest BCUT2D eigenvalue weighted by Crippen LogP contribution is 2.36. The second kappa shape index (κ2) is 13.0. The second-order valence-electron chi connectivity index (χ2n) is 10.5. The van der Waals surface area contributed by atoms with Gasteiger partial charge >= 0.3 is 6.18 Å². The topological polar surface area (TPSA) is 52.7 Å². The minimum atomic E-state index is -4.34. The number of hydrogen-bond donors (Lipinski definition) is 1. The summed E-state index contributed by atoms with van der Waals surface area (Å²) in [4.78, 5) is 18.0. The minimum absolute atomic E-state index is 0.116. The van der Waals surface area contributed by atoms with E-state index in [4.69, 9.17) is 0 Å². The van der Waals surface area contributed by atoms with Crippen molar-refractivity contribution in [3.05, 3.63) is 95.1 Å². The summed E-state index contributed by atoms with van der Waals surface area (Å²) in [5.41, 5.74) is 2.74. The molecule has 214 valence electrons. The van der Waals surface area contributed by atoms with Crippen LogP contribution in [-0.2, 0) is 23.5 Å². The van der Waals surface area contributed by atoms with E-state index in [-0.39, 0.29) is 17.9 Å². The second-order valence-corrected chi connectivity index (χ2v) is 12.2. The zero-order chi connectivity index (χ0) is 28.9. The van der Waals surface area contributed by atoms with E-state index in [1.54, 1.807) is 12.1 Å². The number of anilines is 1. The van der Waals surface area contributed by atoms with Gasteiger partial charge in [0.25, 0.3) is 5.91 Å². The number of benzene rings is 3. The summed E-state index contributed by atoms with van der Waals surface area (Å²) in [5.74, 6) is 0.499. The average molecular weight is 572 g/mol. The van der Waals surface area contributed by atoms with E-state index >= 15 is 0 Å². The Hall–Kier alpha value is -3.17. The molecule has 5 nitrogen and oxygen atoms in total. The van der Waals surface area contributed by atoms with Crippen LogP contribution < -0.4 is 10.2 Å². The van der Waals surface area contributed by atoms with E-state index in [1.165, 1.54) is 12.1 Å². The smallest absolute Gasteiger partial charge is 0.367 e. The van der Waals surface area contributed by atoms with E-state index in [0.29, 0.717) is 24.4 Å². The Morgan fingerprint density at radius 2 is 1.62 bits per heavy atom. The molecular weight excluding hydrogens is 535 g/mol. The Labute approximate surface area is 236 Å². The minimum Gasteiger partial charge on any atom is -0.367 e. The number of halogens is 3. The number of alkyl halides is 3. The van der Waals surface area contributed by atoms with Crippen molar-refractivity contribution in [3.8, 4) is 0 Å². The van der Waals surface area contributed by atoms with Gasteiger partial charge in [-0.05, 0) is 86.6 Å². The maximum atomic E-state index is 13.0. The summed E-state index contributed by atoms with van der Waals surface area (Å²) in [6, 6.07) is 20.7. The third-order valence-electron chi connectivity index (χ3n) is 7.35. The van der Waals surface area contributed by atoms with Gasteiger partial charge < -0.3 is 15.1 Å². The molecule has 1 aliphatic rings. The van der Waals surface area contributed by atoms with Crippen LogP contribution in [0.5, 0.6) is 0 Å². The van der Waals surface area contributed by atoms with Crippen LogP contribution in [0.15, 0.2) is 77.7 Å². The maximum absolute atomic E-state index is 13.0. The van der Waals surface area contributed by atoms with Crippen molar-refractivity contribution >= 4 is 22.4 Å². The lowest BCUT2D eigenvalue weighted by molar-refractivity contribution is -0.137. The van der Waals surface area contributed by atoms with Gasteiger partial charge in [-0.3, -0.25) is 9.00 Å². The molecule has 9 heteroatoms. The summed E-state index contributed by atoms with van der Waals surface area (Å²) in [7, 11) is 3.06. The van der Waals surface area contributed by atoms with Crippen LogP contribution in [0.25, 0.3) is 0 Å². The number of hydrogen-bond acceptors (Lipinski definition) is 4. The Bertz CT molecular complexity index is 1290. The van der Waals surface area contributed by atoms with E-state index < -0.39 is 22.5 Å². The van der Waals surface area contributed by atoms with Crippen LogP contribution in [0, 0.1) is 0 Å². The van der Waals surface area contributed by atoms with Crippen molar-refractivity contribution in [2.45, 2.75) is 49.3 Å².